The summed E-state index contributed by atoms with van der Waals surface area (Å²) < 4.78 is 17.0. The third-order valence-electron chi connectivity index (χ3n) is 5.94. The summed E-state index contributed by atoms with van der Waals surface area (Å²) in [7, 11) is 1.50. The Morgan fingerprint density at radius 3 is 2.46 bits per heavy atom. The summed E-state index contributed by atoms with van der Waals surface area (Å²) in [6.07, 6.45) is 0. The van der Waals surface area contributed by atoms with Crippen molar-refractivity contribution in [1.82, 2.24) is 0 Å². The number of furan rings is 1. The lowest BCUT2D eigenvalue weighted by Gasteiger charge is -2.27. The van der Waals surface area contributed by atoms with Gasteiger partial charge < -0.3 is 19.0 Å². The molecule has 3 aromatic carbocycles. The number of halogens is 1. The highest BCUT2D eigenvalue weighted by atomic mass is 79.9. The largest absolute Gasteiger partial charge is 0.503 e. The van der Waals surface area contributed by atoms with Crippen molar-refractivity contribution in [2.24, 2.45) is 0 Å². The molecule has 5 rings (SSSR count). The van der Waals surface area contributed by atoms with E-state index in [0.29, 0.717) is 33.7 Å². The number of methoxy groups -OCH3 is 1. The number of aliphatic hydroxyl groups excluding tert-OH is 1. The molecule has 0 saturated carbocycles. The smallest absolute Gasteiger partial charge is 0.308 e. The minimum Gasteiger partial charge on any atom is -0.503 e. The molecule has 1 amide bonds. The van der Waals surface area contributed by atoms with Crippen LogP contribution in [0.2, 0.25) is 0 Å². The molecule has 4 aromatic rings. The Bertz CT molecular complexity index is 1590. The Morgan fingerprint density at radius 1 is 1.00 bits per heavy atom. The summed E-state index contributed by atoms with van der Waals surface area (Å²) in [6.45, 7) is 1.29. The molecule has 2 heterocycles. The standard InChI is InChI=1S/C28H20BrNO7/c1-15(31)36-20-9-6-16(7-10-20)25-24(26(32)23-13-17-12-18(29)8-11-22(17)37-23)27(33)28(34)30(25)19-4-3-5-21(14-19)35-2/h3-14,25,33H,1-2H3. The van der Waals surface area contributed by atoms with Crippen LogP contribution in [-0.2, 0) is 9.59 Å². The van der Waals surface area contributed by atoms with E-state index in [1.165, 1.54) is 18.9 Å². The van der Waals surface area contributed by atoms with Crippen molar-refractivity contribution >= 4 is 50.2 Å². The van der Waals surface area contributed by atoms with Gasteiger partial charge in [0.15, 0.2) is 11.5 Å². The second kappa shape index (κ2) is 9.59. The van der Waals surface area contributed by atoms with Crippen LogP contribution in [0.25, 0.3) is 11.0 Å². The molecule has 0 spiro atoms. The molecule has 1 atom stereocenters. The molecule has 9 heteroatoms. The highest BCUT2D eigenvalue weighted by Gasteiger charge is 2.45. The van der Waals surface area contributed by atoms with Crippen molar-refractivity contribution in [3.8, 4) is 11.5 Å². The monoisotopic (exact) mass is 561 g/mol. The maximum absolute atomic E-state index is 13.8. The highest BCUT2D eigenvalue weighted by Crippen LogP contribution is 2.43. The van der Waals surface area contributed by atoms with Crippen LogP contribution in [0.1, 0.15) is 29.1 Å². The number of nitrogens with zero attached hydrogens (tertiary/aromatic N) is 1. The van der Waals surface area contributed by atoms with Gasteiger partial charge in [-0.15, -0.1) is 0 Å². The lowest BCUT2D eigenvalue weighted by Crippen LogP contribution is -2.31. The van der Waals surface area contributed by atoms with Crippen LogP contribution >= 0.6 is 15.9 Å². The average molecular weight is 562 g/mol. The molecule has 0 aliphatic carbocycles. The fourth-order valence-corrected chi connectivity index (χ4v) is 4.70. The normalized spacial score (nSPS) is 15.4. The van der Waals surface area contributed by atoms with E-state index in [1.54, 1.807) is 72.8 Å². The van der Waals surface area contributed by atoms with Crippen molar-refractivity contribution < 1.29 is 33.4 Å². The zero-order chi connectivity index (χ0) is 26.3. The van der Waals surface area contributed by atoms with Gasteiger partial charge in [0.25, 0.3) is 5.91 Å². The third kappa shape index (κ3) is 4.49. The van der Waals surface area contributed by atoms with Gasteiger partial charge in [-0.2, -0.15) is 0 Å². The van der Waals surface area contributed by atoms with E-state index in [1.807, 2.05) is 0 Å². The first kappa shape index (κ1) is 24.3. The molecule has 1 N–H and O–H groups in total. The van der Waals surface area contributed by atoms with E-state index in [4.69, 9.17) is 13.9 Å². The van der Waals surface area contributed by atoms with Crippen molar-refractivity contribution in [3.05, 3.63) is 99.9 Å². The number of hydrogen-bond donors (Lipinski definition) is 1. The lowest BCUT2D eigenvalue weighted by molar-refractivity contribution is -0.131. The Hall–Kier alpha value is -4.37. The molecule has 186 valence electrons. The molecule has 1 aliphatic heterocycles. The van der Waals surface area contributed by atoms with E-state index in [9.17, 15) is 19.5 Å². The summed E-state index contributed by atoms with van der Waals surface area (Å²) in [4.78, 5) is 39.8. The second-order valence-electron chi connectivity index (χ2n) is 8.33. The van der Waals surface area contributed by atoms with Gasteiger partial charge in [0.05, 0.1) is 18.7 Å². The number of anilines is 1. The van der Waals surface area contributed by atoms with E-state index in [0.717, 1.165) is 4.47 Å². The van der Waals surface area contributed by atoms with Gasteiger partial charge in [0.1, 0.15) is 17.1 Å². The number of esters is 1. The molecular formula is C28H20BrNO7. The van der Waals surface area contributed by atoms with Gasteiger partial charge in [0.2, 0.25) is 5.78 Å². The first-order valence-corrected chi connectivity index (χ1v) is 12.0. The Morgan fingerprint density at radius 2 is 1.76 bits per heavy atom. The number of benzene rings is 3. The molecule has 1 unspecified atom stereocenters. The molecule has 0 radical (unpaired) electrons. The molecule has 1 aliphatic rings. The van der Waals surface area contributed by atoms with Crippen LogP contribution in [0, 0.1) is 0 Å². The van der Waals surface area contributed by atoms with E-state index < -0.39 is 29.5 Å². The molecule has 0 saturated heterocycles. The molecule has 37 heavy (non-hydrogen) atoms. The molecule has 8 nitrogen and oxygen atoms in total. The van der Waals surface area contributed by atoms with Crippen molar-refractivity contribution in [3.63, 3.8) is 0 Å². The minimum atomic E-state index is -0.988. The Kier molecular flexibility index (Phi) is 6.31. The number of Topliss-reactive ketones (excluding diaryl/α,β-unsaturated/α-hetero) is 1. The predicted octanol–water partition coefficient (Wildman–Crippen LogP) is 5.91. The summed E-state index contributed by atoms with van der Waals surface area (Å²) in [5, 5.41) is 11.7. The number of carbonyl (C=O) groups excluding carboxylic acids is 3. The van der Waals surface area contributed by atoms with Crippen molar-refractivity contribution in [1.29, 1.82) is 0 Å². The van der Waals surface area contributed by atoms with E-state index in [2.05, 4.69) is 15.9 Å². The summed E-state index contributed by atoms with van der Waals surface area (Å²) in [6, 6.07) is 19.0. The highest BCUT2D eigenvalue weighted by molar-refractivity contribution is 9.10. The van der Waals surface area contributed by atoms with Crippen molar-refractivity contribution in [2.75, 3.05) is 12.0 Å². The van der Waals surface area contributed by atoms with E-state index in [-0.39, 0.29) is 11.3 Å². The van der Waals surface area contributed by atoms with Crippen LogP contribution in [0.4, 0.5) is 5.69 Å². The summed E-state index contributed by atoms with van der Waals surface area (Å²) >= 11 is 3.40. The minimum absolute atomic E-state index is 0.0172. The topological polar surface area (TPSA) is 106 Å². The second-order valence-corrected chi connectivity index (χ2v) is 9.24. The Balaban J connectivity index is 1.63. The SMILES string of the molecule is COc1cccc(N2C(=O)C(O)=C(C(=O)c3cc4cc(Br)ccc4o3)C2c2ccc(OC(C)=O)cc2)c1. The van der Waals surface area contributed by atoms with Gasteiger partial charge in [-0.05, 0) is 54.1 Å². The first-order valence-electron chi connectivity index (χ1n) is 11.2. The lowest BCUT2D eigenvalue weighted by atomic mass is 9.94. The zero-order valence-electron chi connectivity index (χ0n) is 19.7. The fraction of sp³-hybridized carbons (Fsp3) is 0.107. The number of rotatable bonds is 6. The van der Waals surface area contributed by atoms with Crippen molar-refractivity contribution in [2.45, 2.75) is 13.0 Å². The average Bonchev–Trinajstić information content (AvgIpc) is 3.42. The number of amides is 1. The van der Waals surface area contributed by atoms with Crippen LogP contribution in [0.15, 0.2) is 93.0 Å². The maximum Gasteiger partial charge on any atom is 0.308 e. The quantitative estimate of drug-likeness (QED) is 0.177. The van der Waals surface area contributed by atoms with Crippen LogP contribution < -0.4 is 14.4 Å². The van der Waals surface area contributed by atoms with Gasteiger partial charge in [-0.3, -0.25) is 19.3 Å². The maximum atomic E-state index is 13.8. The fourth-order valence-electron chi connectivity index (χ4n) is 4.32. The number of carbonyl (C=O) groups is 3. The van der Waals surface area contributed by atoms with Crippen LogP contribution in [0.5, 0.6) is 11.5 Å². The number of ketones is 1. The number of ether oxygens (including phenoxy) is 2. The van der Waals surface area contributed by atoms with Gasteiger partial charge >= 0.3 is 5.97 Å². The van der Waals surface area contributed by atoms with Crippen LogP contribution in [0.3, 0.4) is 0 Å². The zero-order valence-corrected chi connectivity index (χ0v) is 21.3. The molecule has 0 fully saturated rings. The number of hydrogen-bond acceptors (Lipinski definition) is 7. The molecule has 1 aromatic heterocycles. The summed E-state index contributed by atoms with van der Waals surface area (Å²) in [5.74, 6) is -1.75. The van der Waals surface area contributed by atoms with Gasteiger partial charge in [0, 0.05) is 28.5 Å². The predicted molar refractivity (Wildman–Crippen MR) is 139 cm³/mol. The first-order chi connectivity index (χ1) is 17.8. The third-order valence-corrected chi connectivity index (χ3v) is 6.44. The van der Waals surface area contributed by atoms with Gasteiger partial charge in [-0.25, -0.2) is 0 Å². The molecular weight excluding hydrogens is 542 g/mol. The van der Waals surface area contributed by atoms with Crippen LogP contribution in [-0.4, -0.2) is 29.9 Å². The molecule has 0 bridgehead atoms. The number of fused-ring (bicyclic) bond motifs is 1. The van der Waals surface area contributed by atoms with E-state index >= 15 is 0 Å². The Labute approximate surface area is 219 Å². The van der Waals surface area contributed by atoms with Gasteiger partial charge in [-0.1, -0.05) is 34.1 Å². The number of aliphatic hydroxyl groups is 1. The summed E-state index contributed by atoms with van der Waals surface area (Å²) in [5.41, 5.74) is 1.29.